The van der Waals surface area contributed by atoms with Crippen LogP contribution in [0.4, 0.5) is 5.69 Å². The van der Waals surface area contributed by atoms with Gasteiger partial charge in [-0.2, -0.15) is 0 Å². The Bertz CT molecular complexity index is 628. The Morgan fingerprint density at radius 3 is 2.90 bits per heavy atom. The van der Waals surface area contributed by atoms with Crippen molar-refractivity contribution in [1.82, 2.24) is 4.98 Å². The Labute approximate surface area is 116 Å². The van der Waals surface area contributed by atoms with Gasteiger partial charge in [0.1, 0.15) is 0 Å². The zero-order chi connectivity index (χ0) is 14.5. The summed E-state index contributed by atoms with van der Waals surface area (Å²) in [4.78, 5) is 14.7. The standard InChI is InChI=1S/C14H16N2O4/c1-3-4-8-20-14-10-6-5-7-15-13(10)11(16(17)18)9-12(14)19-2/h5-7,9H,3-4,8H2,1-2H3. The van der Waals surface area contributed by atoms with Crippen molar-refractivity contribution in [3.8, 4) is 11.5 Å². The predicted molar refractivity (Wildman–Crippen MR) is 75.4 cm³/mol. The van der Waals surface area contributed by atoms with E-state index in [1.165, 1.54) is 19.4 Å². The van der Waals surface area contributed by atoms with Crippen molar-refractivity contribution in [2.24, 2.45) is 0 Å². The van der Waals surface area contributed by atoms with Crippen molar-refractivity contribution in [3.63, 3.8) is 0 Å². The van der Waals surface area contributed by atoms with E-state index < -0.39 is 4.92 Å². The molecule has 2 aromatic rings. The van der Waals surface area contributed by atoms with Crippen LogP contribution in [0, 0.1) is 10.1 Å². The van der Waals surface area contributed by atoms with E-state index >= 15 is 0 Å². The minimum Gasteiger partial charge on any atom is -0.493 e. The summed E-state index contributed by atoms with van der Waals surface area (Å²) in [5.41, 5.74) is 0.227. The SMILES string of the molecule is CCCCOc1c(OC)cc([N+](=O)[O-])c2ncccc12. The fraction of sp³-hybridized carbons (Fsp3) is 0.357. The lowest BCUT2D eigenvalue weighted by Crippen LogP contribution is -2.02. The number of nitro benzene ring substituents is 1. The molecule has 6 heteroatoms. The molecule has 0 aliphatic heterocycles. The third-order valence-electron chi connectivity index (χ3n) is 2.95. The molecule has 1 heterocycles. The molecule has 0 spiro atoms. The number of hydrogen-bond donors (Lipinski definition) is 0. The van der Waals surface area contributed by atoms with Crippen LogP contribution in [0.1, 0.15) is 19.8 Å². The van der Waals surface area contributed by atoms with Gasteiger partial charge in [0.25, 0.3) is 5.69 Å². The molecule has 0 N–H and O–H groups in total. The van der Waals surface area contributed by atoms with Crippen molar-refractivity contribution in [2.75, 3.05) is 13.7 Å². The van der Waals surface area contributed by atoms with Crippen molar-refractivity contribution < 1.29 is 14.4 Å². The number of aromatic nitrogens is 1. The van der Waals surface area contributed by atoms with Gasteiger partial charge in [0, 0.05) is 6.20 Å². The Hall–Kier alpha value is -2.37. The number of methoxy groups -OCH3 is 1. The van der Waals surface area contributed by atoms with Gasteiger partial charge in [0.2, 0.25) is 0 Å². The molecule has 0 saturated heterocycles. The van der Waals surface area contributed by atoms with Crippen molar-refractivity contribution in [1.29, 1.82) is 0 Å². The maximum atomic E-state index is 11.1. The first-order chi connectivity index (χ1) is 9.69. The summed E-state index contributed by atoms with van der Waals surface area (Å²) in [6.45, 7) is 2.60. The van der Waals surface area contributed by atoms with Crippen LogP contribution in [0.2, 0.25) is 0 Å². The van der Waals surface area contributed by atoms with E-state index in [4.69, 9.17) is 9.47 Å². The summed E-state index contributed by atoms with van der Waals surface area (Å²) >= 11 is 0. The van der Waals surface area contributed by atoms with Crippen LogP contribution >= 0.6 is 0 Å². The predicted octanol–water partition coefficient (Wildman–Crippen LogP) is 3.33. The second kappa shape index (κ2) is 6.18. The molecule has 1 aromatic carbocycles. The van der Waals surface area contributed by atoms with Gasteiger partial charge in [-0.3, -0.25) is 10.1 Å². The van der Waals surface area contributed by atoms with Gasteiger partial charge in [-0.05, 0) is 18.6 Å². The summed E-state index contributed by atoms with van der Waals surface area (Å²) in [7, 11) is 1.47. The van der Waals surface area contributed by atoms with Crippen LogP contribution < -0.4 is 9.47 Å². The molecule has 0 fully saturated rings. The van der Waals surface area contributed by atoms with Gasteiger partial charge in [0.05, 0.1) is 30.1 Å². The Kier molecular flexibility index (Phi) is 4.34. The normalized spacial score (nSPS) is 10.5. The molecule has 6 nitrogen and oxygen atoms in total. The van der Waals surface area contributed by atoms with E-state index in [-0.39, 0.29) is 5.69 Å². The molecule has 0 bridgehead atoms. The highest BCUT2D eigenvalue weighted by molar-refractivity contribution is 5.94. The zero-order valence-corrected chi connectivity index (χ0v) is 11.5. The van der Waals surface area contributed by atoms with Gasteiger partial charge < -0.3 is 9.47 Å². The van der Waals surface area contributed by atoms with Gasteiger partial charge >= 0.3 is 0 Å². The first-order valence-corrected chi connectivity index (χ1v) is 6.42. The third kappa shape index (κ3) is 2.64. The fourth-order valence-electron chi connectivity index (χ4n) is 1.94. The molecule has 0 aliphatic rings. The average molecular weight is 276 g/mol. The monoisotopic (exact) mass is 276 g/mol. The van der Waals surface area contributed by atoms with Gasteiger partial charge in [-0.1, -0.05) is 13.3 Å². The minimum absolute atomic E-state index is 0.0831. The quantitative estimate of drug-likeness (QED) is 0.459. The van der Waals surface area contributed by atoms with Crippen LogP contribution in [0.3, 0.4) is 0 Å². The number of pyridine rings is 1. The maximum Gasteiger partial charge on any atom is 0.299 e. The van der Waals surface area contributed by atoms with Crippen molar-refractivity contribution in [3.05, 3.63) is 34.5 Å². The van der Waals surface area contributed by atoms with E-state index in [1.807, 2.05) is 0 Å². The number of rotatable bonds is 6. The summed E-state index contributed by atoms with van der Waals surface area (Å²) in [5.74, 6) is 0.864. The molecule has 0 atom stereocenters. The van der Waals surface area contributed by atoms with E-state index in [9.17, 15) is 10.1 Å². The highest BCUT2D eigenvalue weighted by atomic mass is 16.6. The summed E-state index contributed by atoms with van der Waals surface area (Å²) in [5, 5.41) is 11.7. The van der Waals surface area contributed by atoms with Crippen LogP contribution in [0.15, 0.2) is 24.4 Å². The first kappa shape index (κ1) is 14.0. The second-order valence-corrected chi connectivity index (χ2v) is 4.29. The van der Waals surface area contributed by atoms with E-state index in [1.54, 1.807) is 12.1 Å². The highest BCUT2D eigenvalue weighted by Gasteiger charge is 2.21. The first-order valence-electron chi connectivity index (χ1n) is 6.42. The number of nitrogens with zero attached hydrogens (tertiary/aromatic N) is 2. The van der Waals surface area contributed by atoms with Crippen molar-refractivity contribution >= 4 is 16.6 Å². The number of nitro groups is 1. The number of ether oxygens (including phenoxy) is 2. The summed E-state index contributed by atoms with van der Waals surface area (Å²) in [6, 6.07) is 4.83. The van der Waals surface area contributed by atoms with Gasteiger partial charge in [-0.15, -0.1) is 0 Å². The summed E-state index contributed by atoms with van der Waals surface area (Å²) in [6.07, 6.45) is 3.44. The summed E-state index contributed by atoms with van der Waals surface area (Å²) < 4.78 is 10.9. The number of fused-ring (bicyclic) bond motifs is 1. The molecule has 2 rings (SSSR count). The number of non-ortho nitro benzene ring substituents is 1. The Morgan fingerprint density at radius 2 is 2.25 bits per heavy atom. The smallest absolute Gasteiger partial charge is 0.299 e. The van der Waals surface area contributed by atoms with Crippen molar-refractivity contribution in [2.45, 2.75) is 19.8 Å². The lowest BCUT2D eigenvalue weighted by Gasteiger charge is -2.13. The van der Waals surface area contributed by atoms with E-state index in [0.29, 0.717) is 29.0 Å². The minimum atomic E-state index is -0.465. The number of unbranched alkanes of at least 4 members (excludes halogenated alkanes) is 1. The molecule has 0 unspecified atom stereocenters. The van der Waals surface area contributed by atoms with E-state index in [2.05, 4.69) is 11.9 Å². The van der Waals surface area contributed by atoms with Crippen LogP contribution in [-0.4, -0.2) is 23.6 Å². The third-order valence-corrected chi connectivity index (χ3v) is 2.95. The largest absolute Gasteiger partial charge is 0.493 e. The average Bonchev–Trinajstić information content (AvgIpc) is 2.47. The molecule has 0 saturated carbocycles. The second-order valence-electron chi connectivity index (χ2n) is 4.29. The van der Waals surface area contributed by atoms with Crippen LogP contribution in [0.25, 0.3) is 10.9 Å². The highest BCUT2D eigenvalue weighted by Crippen LogP contribution is 2.40. The lowest BCUT2D eigenvalue weighted by molar-refractivity contribution is -0.383. The maximum absolute atomic E-state index is 11.1. The topological polar surface area (TPSA) is 74.5 Å². The van der Waals surface area contributed by atoms with Crippen LogP contribution in [-0.2, 0) is 0 Å². The molecule has 20 heavy (non-hydrogen) atoms. The molecular weight excluding hydrogens is 260 g/mol. The fourth-order valence-corrected chi connectivity index (χ4v) is 1.94. The van der Waals surface area contributed by atoms with E-state index in [0.717, 1.165) is 12.8 Å². The van der Waals surface area contributed by atoms with Gasteiger partial charge in [0.15, 0.2) is 17.0 Å². The molecule has 1 aromatic heterocycles. The number of benzene rings is 1. The molecular formula is C14H16N2O4. The molecule has 106 valence electrons. The van der Waals surface area contributed by atoms with Crippen LogP contribution in [0.5, 0.6) is 11.5 Å². The molecule has 0 aliphatic carbocycles. The Morgan fingerprint density at radius 1 is 1.45 bits per heavy atom. The lowest BCUT2D eigenvalue weighted by atomic mass is 10.1. The zero-order valence-electron chi connectivity index (χ0n) is 11.5. The number of hydrogen-bond acceptors (Lipinski definition) is 5. The van der Waals surface area contributed by atoms with Gasteiger partial charge in [-0.25, -0.2) is 4.98 Å². The molecule has 0 amide bonds. The Balaban J connectivity index is 2.60. The molecule has 0 radical (unpaired) electrons.